The minimum absolute atomic E-state index is 0.554. The predicted molar refractivity (Wildman–Crippen MR) is 43.9 cm³/mol. The molecule has 2 nitrogen and oxygen atoms in total. The van der Waals surface area contributed by atoms with Gasteiger partial charge in [-0.2, -0.15) is 0 Å². The van der Waals surface area contributed by atoms with E-state index in [1.807, 2.05) is 0 Å². The number of hydrogen-bond donors (Lipinski definition) is 1. The normalized spacial score (nSPS) is 22.8. The lowest BCUT2D eigenvalue weighted by Gasteiger charge is -2.28. The fraction of sp³-hybridized carbons (Fsp3) is 1.00. The van der Waals surface area contributed by atoms with E-state index >= 15 is 0 Å². The summed E-state index contributed by atoms with van der Waals surface area (Å²) in [5.74, 6) is 0. The van der Waals surface area contributed by atoms with Crippen molar-refractivity contribution in [3.8, 4) is 0 Å². The van der Waals surface area contributed by atoms with Crippen LogP contribution in [0.15, 0.2) is 0 Å². The van der Waals surface area contributed by atoms with Crippen molar-refractivity contribution in [3.63, 3.8) is 0 Å². The van der Waals surface area contributed by atoms with Crippen molar-refractivity contribution in [1.82, 2.24) is 0 Å². The summed E-state index contributed by atoms with van der Waals surface area (Å²) in [4.78, 5) is 0. The van der Waals surface area contributed by atoms with Crippen LogP contribution >= 0.6 is 0 Å². The van der Waals surface area contributed by atoms with E-state index < -0.39 is 0 Å². The lowest BCUT2D eigenvalue weighted by atomic mass is 9.85. The van der Waals surface area contributed by atoms with Crippen molar-refractivity contribution >= 4 is 0 Å². The lowest BCUT2D eigenvalue weighted by Crippen LogP contribution is -2.22. The highest BCUT2D eigenvalue weighted by Crippen LogP contribution is 2.27. The Kier molecular flexibility index (Phi) is 4.65. The van der Waals surface area contributed by atoms with Crippen LogP contribution in [0.3, 0.4) is 0 Å². The van der Waals surface area contributed by atoms with Crippen LogP contribution in [0.1, 0.15) is 26.7 Å². The van der Waals surface area contributed by atoms with Gasteiger partial charge in [0, 0.05) is 13.2 Å². The molecule has 1 heterocycles. The fourth-order valence-electron chi connectivity index (χ4n) is 0.924. The molecule has 2 N–H and O–H groups in total. The molecule has 0 aromatic rings. The minimum atomic E-state index is 0.554. The molecule has 0 aliphatic carbocycles. The first-order valence-corrected chi connectivity index (χ1v) is 3.86. The Morgan fingerprint density at radius 1 is 1.10 bits per heavy atom. The molecule has 0 spiro atoms. The van der Waals surface area contributed by atoms with Gasteiger partial charge in [0.25, 0.3) is 0 Å². The number of ether oxygens (including phenoxy) is 1. The van der Waals surface area contributed by atoms with Gasteiger partial charge < -0.3 is 10.5 Å². The van der Waals surface area contributed by atoms with Crippen LogP contribution in [-0.4, -0.2) is 20.3 Å². The molecule has 1 saturated heterocycles. The van der Waals surface area contributed by atoms with Crippen LogP contribution in [0.2, 0.25) is 0 Å². The van der Waals surface area contributed by atoms with Crippen LogP contribution < -0.4 is 5.73 Å². The van der Waals surface area contributed by atoms with Crippen LogP contribution in [0.4, 0.5) is 0 Å². The Hall–Kier alpha value is -0.0800. The van der Waals surface area contributed by atoms with Gasteiger partial charge in [0.1, 0.15) is 0 Å². The molecule has 1 rings (SSSR count). The summed E-state index contributed by atoms with van der Waals surface area (Å²) < 4.78 is 5.21. The van der Waals surface area contributed by atoms with E-state index in [0.29, 0.717) is 5.41 Å². The summed E-state index contributed by atoms with van der Waals surface area (Å²) in [6, 6.07) is 0. The van der Waals surface area contributed by atoms with Crippen molar-refractivity contribution in [2.75, 3.05) is 20.3 Å². The summed E-state index contributed by atoms with van der Waals surface area (Å²) in [5, 5.41) is 0. The Labute approximate surface area is 63.7 Å². The molecule has 0 saturated carbocycles. The molecule has 1 aliphatic rings. The zero-order valence-electron chi connectivity index (χ0n) is 7.31. The predicted octanol–water partition coefficient (Wildman–Crippen LogP) is 1.40. The topological polar surface area (TPSA) is 35.2 Å². The smallest absolute Gasteiger partial charge is 0.0471 e. The molecule has 0 radical (unpaired) electrons. The number of nitrogens with two attached hydrogens (primary N) is 1. The van der Waals surface area contributed by atoms with Crippen LogP contribution in [0.25, 0.3) is 0 Å². The highest BCUT2D eigenvalue weighted by Gasteiger charge is 2.20. The van der Waals surface area contributed by atoms with Gasteiger partial charge in [-0.1, -0.05) is 13.8 Å². The fourth-order valence-corrected chi connectivity index (χ4v) is 0.924. The lowest BCUT2D eigenvalue weighted by molar-refractivity contribution is 0.0327. The molecule has 0 unspecified atom stereocenters. The summed E-state index contributed by atoms with van der Waals surface area (Å²) in [6.07, 6.45) is 2.46. The molecule has 0 bridgehead atoms. The molecule has 2 heteroatoms. The van der Waals surface area contributed by atoms with Gasteiger partial charge in [-0.3, -0.25) is 0 Å². The molecule has 0 amide bonds. The van der Waals surface area contributed by atoms with Gasteiger partial charge in [0.15, 0.2) is 0 Å². The highest BCUT2D eigenvalue weighted by molar-refractivity contribution is 4.70. The first-order chi connectivity index (χ1) is 4.71. The quantitative estimate of drug-likeness (QED) is 0.559. The first-order valence-electron chi connectivity index (χ1n) is 3.86. The van der Waals surface area contributed by atoms with Gasteiger partial charge in [0.2, 0.25) is 0 Å². The van der Waals surface area contributed by atoms with E-state index in [0.717, 1.165) is 13.2 Å². The van der Waals surface area contributed by atoms with Crippen molar-refractivity contribution in [1.29, 1.82) is 0 Å². The van der Waals surface area contributed by atoms with Crippen molar-refractivity contribution in [2.45, 2.75) is 26.7 Å². The summed E-state index contributed by atoms with van der Waals surface area (Å²) in [7, 11) is 1.50. The van der Waals surface area contributed by atoms with Crippen molar-refractivity contribution in [3.05, 3.63) is 0 Å². The number of hydrogen-bond acceptors (Lipinski definition) is 2. The Balaban J connectivity index is 0.000000371. The molecule has 1 aliphatic heterocycles. The monoisotopic (exact) mass is 145 g/mol. The second kappa shape index (κ2) is 4.69. The summed E-state index contributed by atoms with van der Waals surface area (Å²) in [5.41, 5.74) is 5.05. The van der Waals surface area contributed by atoms with Crippen LogP contribution in [0, 0.1) is 5.41 Å². The molecular weight excluding hydrogens is 126 g/mol. The Morgan fingerprint density at radius 2 is 1.50 bits per heavy atom. The van der Waals surface area contributed by atoms with Gasteiger partial charge in [-0.15, -0.1) is 0 Å². The van der Waals surface area contributed by atoms with E-state index in [4.69, 9.17) is 4.74 Å². The molecule has 0 atom stereocenters. The minimum Gasteiger partial charge on any atom is -0.381 e. The molecule has 10 heavy (non-hydrogen) atoms. The zero-order valence-corrected chi connectivity index (χ0v) is 7.31. The van der Waals surface area contributed by atoms with Gasteiger partial charge >= 0.3 is 0 Å². The second-order valence-corrected chi connectivity index (χ2v) is 3.28. The van der Waals surface area contributed by atoms with Crippen molar-refractivity contribution < 1.29 is 4.74 Å². The molecule has 62 valence electrons. The number of rotatable bonds is 0. The third-order valence-electron chi connectivity index (χ3n) is 1.85. The molecular formula is C8H19NO. The maximum Gasteiger partial charge on any atom is 0.0471 e. The second-order valence-electron chi connectivity index (χ2n) is 3.28. The third-order valence-corrected chi connectivity index (χ3v) is 1.85. The summed E-state index contributed by atoms with van der Waals surface area (Å²) in [6.45, 7) is 6.53. The standard InChI is InChI=1S/C7H14O.CH5N/c1-7(2)3-5-8-6-4-7;1-2/h3-6H2,1-2H3;2H2,1H3. The van der Waals surface area contributed by atoms with Gasteiger partial charge in [-0.25, -0.2) is 0 Å². The van der Waals surface area contributed by atoms with Crippen molar-refractivity contribution in [2.24, 2.45) is 11.1 Å². The SMILES string of the molecule is CC1(C)CCOCC1.CN. The van der Waals surface area contributed by atoms with E-state index in [-0.39, 0.29) is 0 Å². The van der Waals surface area contributed by atoms with Crippen LogP contribution in [-0.2, 0) is 4.74 Å². The zero-order chi connectivity index (χ0) is 8.04. The third kappa shape index (κ3) is 3.85. The van der Waals surface area contributed by atoms with Gasteiger partial charge in [0.05, 0.1) is 0 Å². The first kappa shape index (κ1) is 9.92. The van der Waals surface area contributed by atoms with E-state index in [9.17, 15) is 0 Å². The van der Waals surface area contributed by atoms with E-state index in [1.165, 1.54) is 19.9 Å². The molecule has 1 fully saturated rings. The average molecular weight is 145 g/mol. The largest absolute Gasteiger partial charge is 0.381 e. The Bertz CT molecular complexity index is 73.3. The molecule has 0 aromatic carbocycles. The Morgan fingerprint density at radius 3 is 1.70 bits per heavy atom. The summed E-state index contributed by atoms with van der Waals surface area (Å²) >= 11 is 0. The molecule has 0 aromatic heterocycles. The average Bonchev–Trinajstić information content (AvgIpc) is 1.92. The van der Waals surface area contributed by atoms with E-state index in [2.05, 4.69) is 19.6 Å². The maximum atomic E-state index is 5.21. The van der Waals surface area contributed by atoms with Crippen LogP contribution in [0.5, 0.6) is 0 Å². The maximum absolute atomic E-state index is 5.21. The van der Waals surface area contributed by atoms with E-state index in [1.54, 1.807) is 0 Å². The van der Waals surface area contributed by atoms with Gasteiger partial charge in [-0.05, 0) is 25.3 Å². The highest BCUT2D eigenvalue weighted by atomic mass is 16.5.